The van der Waals surface area contributed by atoms with Crippen LogP contribution < -0.4 is 15.2 Å². The molecule has 0 aromatic heterocycles. The van der Waals surface area contributed by atoms with Gasteiger partial charge in [0.15, 0.2) is 5.78 Å². The number of methoxy groups -OCH3 is 2. The second-order valence-electron chi connectivity index (χ2n) is 5.03. The Kier molecular flexibility index (Phi) is 4.43. The normalized spacial score (nSPS) is 22.9. The molecule has 0 aliphatic heterocycles. The van der Waals surface area contributed by atoms with Crippen LogP contribution in [0.25, 0.3) is 0 Å². The lowest BCUT2D eigenvalue weighted by molar-refractivity contribution is 0.0875. The van der Waals surface area contributed by atoms with Gasteiger partial charge in [-0.05, 0) is 31.4 Å². The number of ether oxygens (including phenoxy) is 2. The average molecular weight is 263 g/mol. The standard InChI is InChI=1S/C15H21NO3/c1-18-12-7-4-8-13(19-2)14(12)15(17)10-5-3-6-11(16)9-10/h4,7-8,10-11H,3,5-6,9,16H2,1-2H3. The fourth-order valence-electron chi connectivity index (χ4n) is 2.76. The number of nitrogens with two attached hydrogens (primary N) is 1. The molecule has 0 bridgehead atoms. The highest BCUT2D eigenvalue weighted by molar-refractivity contribution is 6.02. The van der Waals surface area contributed by atoms with Crippen molar-refractivity contribution < 1.29 is 14.3 Å². The number of Topliss-reactive ketones (excluding diaryl/α,β-unsaturated/α-hetero) is 1. The maximum atomic E-state index is 12.7. The van der Waals surface area contributed by atoms with E-state index >= 15 is 0 Å². The van der Waals surface area contributed by atoms with Crippen molar-refractivity contribution in [3.63, 3.8) is 0 Å². The van der Waals surface area contributed by atoms with Gasteiger partial charge in [-0.2, -0.15) is 0 Å². The van der Waals surface area contributed by atoms with Crippen LogP contribution in [0.3, 0.4) is 0 Å². The number of ketones is 1. The zero-order valence-electron chi connectivity index (χ0n) is 11.5. The minimum absolute atomic E-state index is 0.0195. The van der Waals surface area contributed by atoms with Crippen molar-refractivity contribution in [2.45, 2.75) is 31.7 Å². The zero-order chi connectivity index (χ0) is 13.8. The molecule has 2 N–H and O–H groups in total. The molecule has 0 radical (unpaired) electrons. The molecule has 4 nitrogen and oxygen atoms in total. The Labute approximate surface area is 113 Å². The van der Waals surface area contributed by atoms with E-state index in [1.54, 1.807) is 26.4 Å². The zero-order valence-corrected chi connectivity index (χ0v) is 11.5. The molecule has 104 valence electrons. The largest absolute Gasteiger partial charge is 0.496 e. The van der Waals surface area contributed by atoms with E-state index in [-0.39, 0.29) is 17.7 Å². The molecule has 19 heavy (non-hydrogen) atoms. The Morgan fingerprint density at radius 3 is 2.37 bits per heavy atom. The van der Waals surface area contributed by atoms with Crippen molar-refractivity contribution in [2.75, 3.05) is 14.2 Å². The third-order valence-electron chi connectivity index (χ3n) is 3.76. The fourth-order valence-corrected chi connectivity index (χ4v) is 2.76. The first-order valence-electron chi connectivity index (χ1n) is 6.68. The number of hydrogen-bond donors (Lipinski definition) is 1. The molecule has 1 aliphatic rings. The summed E-state index contributed by atoms with van der Waals surface area (Å²) < 4.78 is 10.6. The van der Waals surface area contributed by atoms with E-state index < -0.39 is 0 Å². The van der Waals surface area contributed by atoms with E-state index in [0.717, 1.165) is 25.7 Å². The summed E-state index contributed by atoms with van der Waals surface area (Å²) in [6.45, 7) is 0. The van der Waals surface area contributed by atoms with Crippen molar-refractivity contribution in [1.82, 2.24) is 0 Å². The topological polar surface area (TPSA) is 61.5 Å². The van der Waals surface area contributed by atoms with Gasteiger partial charge in [-0.3, -0.25) is 4.79 Å². The Morgan fingerprint density at radius 2 is 1.84 bits per heavy atom. The van der Waals surface area contributed by atoms with E-state index in [1.807, 2.05) is 6.07 Å². The van der Waals surface area contributed by atoms with Gasteiger partial charge in [0.2, 0.25) is 0 Å². The summed E-state index contributed by atoms with van der Waals surface area (Å²) in [5.41, 5.74) is 6.52. The highest BCUT2D eigenvalue weighted by Gasteiger charge is 2.29. The summed E-state index contributed by atoms with van der Waals surface area (Å²) >= 11 is 0. The second kappa shape index (κ2) is 6.06. The number of carbonyl (C=O) groups excluding carboxylic acids is 1. The van der Waals surface area contributed by atoms with E-state index in [4.69, 9.17) is 15.2 Å². The molecule has 1 fully saturated rings. The van der Waals surface area contributed by atoms with Gasteiger partial charge in [-0.1, -0.05) is 12.5 Å². The van der Waals surface area contributed by atoms with E-state index in [9.17, 15) is 4.79 Å². The summed E-state index contributed by atoms with van der Waals surface area (Å²) in [6.07, 6.45) is 3.66. The smallest absolute Gasteiger partial charge is 0.173 e. The van der Waals surface area contributed by atoms with Crippen LogP contribution in [0.4, 0.5) is 0 Å². The number of rotatable bonds is 4. The maximum absolute atomic E-state index is 12.7. The molecule has 2 rings (SSSR count). The van der Waals surface area contributed by atoms with Crippen molar-refractivity contribution >= 4 is 5.78 Å². The van der Waals surface area contributed by atoms with Crippen molar-refractivity contribution in [1.29, 1.82) is 0 Å². The van der Waals surface area contributed by atoms with E-state index in [1.165, 1.54) is 0 Å². The summed E-state index contributed by atoms with van der Waals surface area (Å²) in [7, 11) is 3.14. The van der Waals surface area contributed by atoms with Gasteiger partial charge in [-0.15, -0.1) is 0 Å². The van der Waals surface area contributed by atoms with Crippen LogP contribution in [0.15, 0.2) is 18.2 Å². The first-order chi connectivity index (χ1) is 9.17. The number of hydrogen-bond acceptors (Lipinski definition) is 4. The van der Waals surface area contributed by atoms with Gasteiger partial charge in [0.25, 0.3) is 0 Å². The molecule has 0 heterocycles. The molecule has 2 atom stereocenters. The van der Waals surface area contributed by atoms with Crippen LogP contribution >= 0.6 is 0 Å². The van der Waals surface area contributed by atoms with E-state index in [0.29, 0.717) is 17.1 Å². The van der Waals surface area contributed by atoms with Gasteiger partial charge in [-0.25, -0.2) is 0 Å². The molecule has 4 heteroatoms. The minimum Gasteiger partial charge on any atom is -0.496 e. The van der Waals surface area contributed by atoms with Gasteiger partial charge in [0.05, 0.1) is 14.2 Å². The monoisotopic (exact) mass is 263 g/mol. The molecule has 1 aromatic carbocycles. The molecule has 1 saturated carbocycles. The molecule has 1 aromatic rings. The number of benzene rings is 1. The quantitative estimate of drug-likeness (QED) is 0.847. The fraction of sp³-hybridized carbons (Fsp3) is 0.533. The summed E-state index contributed by atoms with van der Waals surface area (Å²) in [6, 6.07) is 5.53. The molecule has 0 spiro atoms. The number of carbonyl (C=O) groups is 1. The van der Waals surface area contributed by atoms with Crippen LogP contribution in [0, 0.1) is 5.92 Å². The Hall–Kier alpha value is -1.55. The maximum Gasteiger partial charge on any atom is 0.173 e. The molecule has 0 saturated heterocycles. The lowest BCUT2D eigenvalue weighted by atomic mass is 9.81. The SMILES string of the molecule is COc1cccc(OC)c1C(=O)C1CCCC(N)C1. The van der Waals surface area contributed by atoms with Gasteiger partial charge in [0, 0.05) is 12.0 Å². The third-order valence-corrected chi connectivity index (χ3v) is 3.76. The predicted octanol–water partition coefficient (Wildman–Crippen LogP) is 2.40. The van der Waals surface area contributed by atoms with Gasteiger partial charge >= 0.3 is 0 Å². The molecule has 0 amide bonds. The predicted molar refractivity (Wildman–Crippen MR) is 73.8 cm³/mol. The van der Waals surface area contributed by atoms with Gasteiger partial charge < -0.3 is 15.2 Å². The highest BCUT2D eigenvalue weighted by Crippen LogP contribution is 2.34. The third kappa shape index (κ3) is 2.89. The van der Waals surface area contributed by atoms with Gasteiger partial charge in [0.1, 0.15) is 17.1 Å². The lowest BCUT2D eigenvalue weighted by Crippen LogP contribution is -2.31. The Morgan fingerprint density at radius 1 is 1.21 bits per heavy atom. The van der Waals surface area contributed by atoms with Crippen molar-refractivity contribution in [3.8, 4) is 11.5 Å². The van der Waals surface area contributed by atoms with Crippen LogP contribution in [-0.4, -0.2) is 26.0 Å². The Bertz CT molecular complexity index is 436. The Balaban J connectivity index is 2.31. The van der Waals surface area contributed by atoms with E-state index in [2.05, 4.69) is 0 Å². The second-order valence-corrected chi connectivity index (χ2v) is 5.03. The van der Waals surface area contributed by atoms with Crippen LogP contribution in [0.5, 0.6) is 11.5 Å². The first kappa shape index (κ1) is 13.9. The molecule has 2 unspecified atom stereocenters. The van der Waals surface area contributed by atoms with Crippen molar-refractivity contribution in [2.24, 2.45) is 11.7 Å². The summed E-state index contributed by atoms with van der Waals surface area (Å²) in [4.78, 5) is 12.7. The lowest BCUT2D eigenvalue weighted by Gasteiger charge is -2.26. The molecule has 1 aliphatic carbocycles. The first-order valence-corrected chi connectivity index (χ1v) is 6.68. The van der Waals surface area contributed by atoms with Crippen LogP contribution in [0.2, 0.25) is 0 Å². The van der Waals surface area contributed by atoms with Crippen LogP contribution in [0.1, 0.15) is 36.0 Å². The highest BCUT2D eigenvalue weighted by atomic mass is 16.5. The van der Waals surface area contributed by atoms with Crippen molar-refractivity contribution in [3.05, 3.63) is 23.8 Å². The summed E-state index contributed by atoms with van der Waals surface area (Å²) in [5, 5.41) is 0. The summed E-state index contributed by atoms with van der Waals surface area (Å²) in [5.74, 6) is 1.21. The molecular weight excluding hydrogens is 242 g/mol. The molecular formula is C15H21NO3. The minimum atomic E-state index is -0.0195. The average Bonchev–Trinajstić information content (AvgIpc) is 2.45. The van der Waals surface area contributed by atoms with Crippen LogP contribution in [-0.2, 0) is 0 Å².